The molecule has 144 valence electrons. The van der Waals surface area contributed by atoms with Gasteiger partial charge in [0.05, 0.1) is 17.8 Å². The van der Waals surface area contributed by atoms with Crippen molar-refractivity contribution in [1.82, 2.24) is 0 Å². The minimum absolute atomic E-state index is 0.247. The van der Waals surface area contributed by atoms with E-state index in [2.05, 4.69) is 12.2 Å². The van der Waals surface area contributed by atoms with Crippen molar-refractivity contribution >= 4 is 23.2 Å². The van der Waals surface area contributed by atoms with Gasteiger partial charge in [-0.15, -0.1) is 0 Å². The van der Waals surface area contributed by atoms with E-state index in [1.165, 1.54) is 5.56 Å². The van der Waals surface area contributed by atoms with E-state index in [9.17, 15) is 4.79 Å². The molecular weight excluding hydrogens is 374 g/mol. The van der Waals surface area contributed by atoms with Gasteiger partial charge in [0.1, 0.15) is 18.1 Å². The lowest BCUT2D eigenvalue weighted by Gasteiger charge is -2.13. The molecule has 0 bridgehead atoms. The normalized spacial score (nSPS) is 10.4. The standard InChI is InChI=1S/C23H22ClNO3/c1-15-8-10-19(12-16(15)2)28-14-18-13-17(9-11-22(18)27-3)23(26)25-21-7-5-4-6-20(21)24/h4-13H,14H2,1-3H3,(H,25,26). The van der Waals surface area contributed by atoms with E-state index in [-0.39, 0.29) is 5.91 Å². The number of hydrogen-bond donors (Lipinski definition) is 1. The Morgan fingerprint density at radius 2 is 1.79 bits per heavy atom. The van der Waals surface area contributed by atoms with Crippen LogP contribution >= 0.6 is 11.6 Å². The van der Waals surface area contributed by atoms with Gasteiger partial charge < -0.3 is 14.8 Å². The first-order chi connectivity index (χ1) is 13.5. The van der Waals surface area contributed by atoms with E-state index in [1.807, 2.05) is 37.3 Å². The first kappa shape index (κ1) is 19.8. The Labute approximate surface area is 170 Å². The quantitative estimate of drug-likeness (QED) is 0.574. The molecule has 5 heteroatoms. The van der Waals surface area contributed by atoms with Crippen molar-refractivity contribution in [3.63, 3.8) is 0 Å². The smallest absolute Gasteiger partial charge is 0.255 e. The summed E-state index contributed by atoms with van der Waals surface area (Å²) < 4.78 is 11.3. The maximum atomic E-state index is 12.6. The lowest BCUT2D eigenvalue weighted by Crippen LogP contribution is -2.13. The Hall–Kier alpha value is -2.98. The molecule has 3 rings (SSSR count). The van der Waals surface area contributed by atoms with Gasteiger partial charge in [-0.25, -0.2) is 0 Å². The predicted molar refractivity (Wildman–Crippen MR) is 113 cm³/mol. The van der Waals surface area contributed by atoms with Gasteiger partial charge in [-0.2, -0.15) is 0 Å². The van der Waals surface area contributed by atoms with E-state index in [0.29, 0.717) is 28.6 Å². The number of nitrogens with one attached hydrogen (secondary N) is 1. The highest BCUT2D eigenvalue weighted by molar-refractivity contribution is 6.33. The molecule has 1 N–H and O–H groups in total. The third-order valence-electron chi connectivity index (χ3n) is 4.54. The topological polar surface area (TPSA) is 47.6 Å². The molecule has 0 aliphatic rings. The van der Waals surface area contributed by atoms with Crippen LogP contribution in [0.3, 0.4) is 0 Å². The molecule has 1 amide bonds. The Bertz CT molecular complexity index is 1000. The lowest BCUT2D eigenvalue weighted by atomic mass is 10.1. The van der Waals surface area contributed by atoms with Crippen molar-refractivity contribution in [2.75, 3.05) is 12.4 Å². The molecule has 28 heavy (non-hydrogen) atoms. The van der Waals surface area contributed by atoms with Crippen LogP contribution in [0.5, 0.6) is 11.5 Å². The molecular formula is C23H22ClNO3. The molecule has 0 saturated carbocycles. The molecule has 4 nitrogen and oxygen atoms in total. The number of carbonyl (C=O) groups excluding carboxylic acids is 1. The zero-order chi connectivity index (χ0) is 20.1. The summed E-state index contributed by atoms with van der Waals surface area (Å²) in [7, 11) is 1.60. The fraction of sp³-hybridized carbons (Fsp3) is 0.174. The minimum Gasteiger partial charge on any atom is -0.496 e. The van der Waals surface area contributed by atoms with Gasteiger partial charge in [0.15, 0.2) is 0 Å². The second kappa shape index (κ2) is 8.81. The number of halogens is 1. The molecule has 3 aromatic carbocycles. The zero-order valence-electron chi connectivity index (χ0n) is 16.1. The number of methoxy groups -OCH3 is 1. The van der Waals surface area contributed by atoms with Crippen LogP contribution < -0.4 is 14.8 Å². The SMILES string of the molecule is COc1ccc(C(=O)Nc2ccccc2Cl)cc1COc1ccc(C)c(C)c1. The van der Waals surface area contributed by atoms with Crippen LogP contribution in [0.25, 0.3) is 0 Å². The third kappa shape index (κ3) is 4.65. The van der Waals surface area contributed by atoms with E-state index >= 15 is 0 Å². The van der Waals surface area contributed by atoms with Crippen molar-refractivity contribution in [2.45, 2.75) is 20.5 Å². The summed E-state index contributed by atoms with van der Waals surface area (Å²) in [6, 6.07) is 18.3. The van der Waals surface area contributed by atoms with Crippen molar-refractivity contribution in [3.05, 3.63) is 87.9 Å². The molecule has 0 heterocycles. The van der Waals surface area contributed by atoms with Crippen molar-refractivity contribution in [1.29, 1.82) is 0 Å². The Morgan fingerprint density at radius 3 is 2.50 bits per heavy atom. The minimum atomic E-state index is -0.247. The third-order valence-corrected chi connectivity index (χ3v) is 4.87. The first-order valence-electron chi connectivity index (χ1n) is 8.91. The molecule has 0 saturated heterocycles. The highest BCUT2D eigenvalue weighted by Crippen LogP contribution is 2.25. The monoisotopic (exact) mass is 395 g/mol. The second-order valence-corrected chi connectivity index (χ2v) is 6.90. The van der Waals surface area contributed by atoms with Crippen molar-refractivity contribution < 1.29 is 14.3 Å². The molecule has 0 aliphatic carbocycles. The fourth-order valence-corrected chi connectivity index (χ4v) is 2.94. The van der Waals surface area contributed by atoms with Gasteiger partial charge >= 0.3 is 0 Å². The van der Waals surface area contributed by atoms with E-state index in [0.717, 1.165) is 16.9 Å². The molecule has 0 atom stereocenters. The molecule has 0 aliphatic heterocycles. The number of para-hydroxylation sites is 1. The second-order valence-electron chi connectivity index (χ2n) is 6.50. The number of rotatable bonds is 6. The van der Waals surface area contributed by atoms with E-state index in [4.69, 9.17) is 21.1 Å². The number of anilines is 1. The Balaban J connectivity index is 1.78. The van der Waals surface area contributed by atoms with E-state index in [1.54, 1.807) is 37.4 Å². The highest BCUT2D eigenvalue weighted by Gasteiger charge is 2.12. The summed E-state index contributed by atoms with van der Waals surface area (Å²) in [5.41, 5.74) is 4.23. The summed E-state index contributed by atoms with van der Waals surface area (Å²) in [5, 5.41) is 3.31. The largest absolute Gasteiger partial charge is 0.496 e. The number of hydrogen-bond acceptors (Lipinski definition) is 3. The van der Waals surface area contributed by atoms with Crippen LogP contribution in [-0.4, -0.2) is 13.0 Å². The zero-order valence-corrected chi connectivity index (χ0v) is 16.8. The number of benzene rings is 3. The van der Waals surface area contributed by atoms with Crippen LogP contribution in [0, 0.1) is 13.8 Å². The molecule has 0 spiro atoms. The van der Waals surface area contributed by atoms with Crippen LogP contribution in [0.15, 0.2) is 60.7 Å². The van der Waals surface area contributed by atoms with E-state index < -0.39 is 0 Å². The number of ether oxygens (including phenoxy) is 2. The summed E-state index contributed by atoms with van der Waals surface area (Å²) in [5.74, 6) is 1.19. The molecule has 0 unspecified atom stereocenters. The first-order valence-corrected chi connectivity index (χ1v) is 9.28. The Kier molecular flexibility index (Phi) is 6.22. The van der Waals surface area contributed by atoms with Gasteiger partial charge in [0.2, 0.25) is 0 Å². The summed E-state index contributed by atoms with van der Waals surface area (Å²) in [6.45, 7) is 4.39. The lowest BCUT2D eigenvalue weighted by molar-refractivity contribution is 0.102. The maximum absolute atomic E-state index is 12.6. The summed E-state index contributed by atoms with van der Waals surface area (Å²) in [6.07, 6.45) is 0. The average Bonchev–Trinajstić information content (AvgIpc) is 2.70. The van der Waals surface area contributed by atoms with Gasteiger partial charge in [0, 0.05) is 11.1 Å². The van der Waals surface area contributed by atoms with Crippen LogP contribution in [0.1, 0.15) is 27.0 Å². The number of aryl methyl sites for hydroxylation is 2. The molecule has 0 fully saturated rings. The number of carbonyl (C=O) groups is 1. The maximum Gasteiger partial charge on any atom is 0.255 e. The van der Waals surface area contributed by atoms with Crippen molar-refractivity contribution in [2.24, 2.45) is 0 Å². The summed E-state index contributed by atoms with van der Waals surface area (Å²) >= 11 is 6.12. The fourth-order valence-electron chi connectivity index (χ4n) is 2.75. The molecule has 0 aromatic heterocycles. The average molecular weight is 396 g/mol. The van der Waals surface area contributed by atoms with Crippen molar-refractivity contribution in [3.8, 4) is 11.5 Å². The van der Waals surface area contributed by atoms with Crippen LogP contribution in [0.2, 0.25) is 5.02 Å². The molecule has 3 aromatic rings. The summed E-state index contributed by atoms with van der Waals surface area (Å²) in [4.78, 5) is 12.6. The van der Waals surface area contributed by atoms with Gasteiger partial charge in [-0.3, -0.25) is 4.79 Å². The number of amides is 1. The highest BCUT2D eigenvalue weighted by atomic mass is 35.5. The van der Waals surface area contributed by atoms with Crippen LogP contribution in [-0.2, 0) is 6.61 Å². The Morgan fingerprint density at radius 1 is 1.00 bits per heavy atom. The predicted octanol–water partition coefficient (Wildman–Crippen LogP) is 5.80. The molecule has 0 radical (unpaired) electrons. The van der Waals surface area contributed by atoms with Gasteiger partial charge in [-0.1, -0.05) is 29.8 Å². The van der Waals surface area contributed by atoms with Gasteiger partial charge in [-0.05, 0) is 67.4 Å². The van der Waals surface area contributed by atoms with Gasteiger partial charge in [0.25, 0.3) is 5.91 Å². The van der Waals surface area contributed by atoms with Crippen LogP contribution in [0.4, 0.5) is 5.69 Å².